The molecular formula is C12H23N3O3Si. The van der Waals surface area contributed by atoms with E-state index in [-0.39, 0.29) is 23.3 Å². The second kappa shape index (κ2) is 6.05. The number of carbonyl (C=O) groups excluding carboxylic acids is 1. The summed E-state index contributed by atoms with van der Waals surface area (Å²) in [6.07, 6.45) is -0.269. The maximum absolute atomic E-state index is 11.9. The van der Waals surface area contributed by atoms with Crippen molar-refractivity contribution < 1.29 is 14.0 Å². The molecule has 6 nitrogen and oxygen atoms in total. The van der Waals surface area contributed by atoms with E-state index in [1.807, 2.05) is 0 Å². The van der Waals surface area contributed by atoms with Crippen molar-refractivity contribution in [3.63, 3.8) is 0 Å². The molecule has 19 heavy (non-hydrogen) atoms. The van der Waals surface area contributed by atoms with Gasteiger partial charge in [-0.05, 0) is 23.7 Å². The molecular weight excluding hydrogens is 262 g/mol. The van der Waals surface area contributed by atoms with E-state index in [0.717, 1.165) is 0 Å². The van der Waals surface area contributed by atoms with E-state index >= 15 is 0 Å². The van der Waals surface area contributed by atoms with E-state index in [0.29, 0.717) is 13.2 Å². The van der Waals surface area contributed by atoms with Crippen LogP contribution in [0.25, 0.3) is 10.4 Å². The van der Waals surface area contributed by atoms with Crippen LogP contribution in [0.4, 0.5) is 0 Å². The van der Waals surface area contributed by atoms with Crippen molar-refractivity contribution in [1.29, 1.82) is 0 Å². The largest absolute Gasteiger partial charge is 0.414 e. The normalized spacial score (nSPS) is 25.0. The third-order valence-corrected chi connectivity index (χ3v) is 8.40. The monoisotopic (exact) mass is 285 g/mol. The third-order valence-electron chi connectivity index (χ3n) is 3.90. The second-order valence-corrected chi connectivity index (χ2v) is 11.2. The summed E-state index contributed by atoms with van der Waals surface area (Å²) in [6, 6.07) is -0.373. The molecule has 1 heterocycles. The summed E-state index contributed by atoms with van der Waals surface area (Å²) >= 11 is 0. The molecule has 2 atom stereocenters. The van der Waals surface area contributed by atoms with Gasteiger partial charge in [0.2, 0.25) is 0 Å². The van der Waals surface area contributed by atoms with E-state index in [1.54, 1.807) is 0 Å². The number of rotatable bonds is 4. The van der Waals surface area contributed by atoms with Gasteiger partial charge in [0, 0.05) is 11.3 Å². The molecule has 0 bridgehead atoms. The molecule has 0 aromatic rings. The van der Waals surface area contributed by atoms with Crippen LogP contribution in [0, 0.1) is 0 Å². The maximum atomic E-state index is 11.9. The highest BCUT2D eigenvalue weighted by Crippen LogP contribution is 2.36. The first-order valence-corrected chi connectivity index (χ1v) is 9.40. The molecule has 108 valence electrons. The summed E-state index contributed by atoms with van der Waals surface area (Å²) < 4.78 is 11.4. The Kier molecular flexibility index (Phi) is 5.15. The van der Waals surface area contributed by atoms with Gasteiger partial charge in [-0.25, -0.2) is 0 Å². The van der Waals surface area contributed by atoms with Gasteiger partial charge in [-0.1, -0.05) is 25.9 Å². The lowest BCUT2D eigenvalue weighted by Gasteiger charge is -2.37. The van der Waals surface area contributed by atoms with Crippen LogP contribution in [0.1, 0.15) is 27.2 Å². The lowest BCUT2D eigenvalue weighted by molar-refractivity contribution is -0.139. The molecule has 1 saturated heterocycles. The highest BCUT2D eigenvalue weighted by atomic mass is 28.4. The van der Waals surface area contributed by atoms with Gasteiger partial charge in [-0.3, -0.25) is 4.79 Å². The fourth-order valence-corrected chi connectivity index (χ4v) is 2.53. The maximum Gasteiger partial charge on any atom is 0.192 e. The Morgan fingerprint density at radius 3 is 2.63 bits per heavy atom. The van der Waals surface area contributed by atoms with Crippen molar-refractivity contribution in [1.82, 2.24) is 0 Å². The van der Waals surface area contributed by atoms with Crippen molar-refractivity contribution in [3.05, 3.63) is 10.4 Å². The van der Waals surface area contributed by atoms with Crippen LogP contribution < -0.4 is 0 Å². The van der Waals surface area contributed by atoms with Crippen molar-refractivity contribution in [2.45, 2.75) is 57.5 Å². The van der Waals surface area contributed by atoms with E-state index in [9.17, 15) is 4.79 Å². The zero-order valence-electron chi connectivity index (χ0n) is 12.3. The zero-order chi connectivity index (χ0) is 14.7. The lowest BCUT2D eigenvalue weighted by Crippen LogP contribution is -2.46. The Labute approximate surface area is 115 Å². The number of nitrogens with zero attached hydrogens (tertiary/aromatic N) is 3. The zero-order valence-corrected chi connectivity index (χ0v) is 13.3. The number of Topliss-reactive ketones (excluding diaryl/α,β-unsaturated/α-hetero) is 1. The predicted octanol–water partition coefficient (Wildman–Crippen LogP) is 3.05. The fraction of sp³-hybridized carbons (Fsp3) is 0.917. The van der Waals surface area contributed by atoms with E-state index in [4.69, 9.17) is 14.7 Å². The number of azide groups is 1. The van der Waals surface area contributed by atoms with Gasteiger partial charge >= 0.3 is 0 Å². The van der Waals surface area contributed by atoms with Crippen molar-refractivity contribution in [3.8, 4) is 0 Å². The fourth-order valence-electron chi connectivity index (χ4n) is 1.53. The van der Waals surface area contributed by atoms with Crippen LogP contribution in [0.15, 0.2) is 5.11 Å². The molecule has 7 heteroatoms. The van der Waals surface area contributed by atoms with Crippen LogP contribution in [0.3, 0.4) is 0 Å². The van der Waals surface area contributed by atoms with Crippen molar-refractivity contribution >= 4 is 14.1 Å². The highest BCUT2D eigenvalue weighted by molar-refractivity contribution is 6.74. The van der Waals surface area contributed by atoms with Crippen LogP contribution in [-0.2, 0) is 14.0 Å². The Morgan fingerprint density at radius 1 is 1.53 bits per heavy atom. The molecule has 1 aliphatic heterocycles. The standard InChI is InChI=1S/C12H23N3O3Si/c1-12(2,3)19(4,5)18-8-11-10(16)6-9(7-17-11)14-15-13/h9,11H,6-8H2,1-5H3/t9-,11-/m1/s1. The summed E-state index contributed by atoms with van der Waals surface area (Å²) in [5.74, 6) is -0.0395. The molecule has 0 spiro atoms. The molecule has 0 N–H and O–H groups in total. The second-order valence-electron chi connectivity index (χ2n) is 6.42. The van der Waals surface area contributed by atoms with E-state index < -0.39 is 14.4 Å². The summed E-state index contributed by atoms with van der Waals surface area (Å²) in [4.78, 5) is 14.6. The van der Waals surface area contributed by atoms with E-state index in [2.05, 4.69) is 43.9 Å². The van der Waals surface area contributed by atoms with Gasteiger partial charge in [0.1, 0.15) is 6.10 Å². The van der Waals surface area contributed by atoms with Crippen LogP contribution in [0.2, 0.25) is 18.1 Å². The van der Waals surface area contributed by atoms with Gasteiger partial charge in [0.15, 0.2) is 14.1 Å². The number of ketones is 1. The molecule has 1 fully saturated rings. The van der Waals surface area contributed by atoms with Gasteiger partial charge < -0.3 is 9.16 Å². The van der Waals surface area contributed by atoms with Gasteiger partial charge in [0.25, 0.3) is 0 Å². The molecule has 0 amide bonds. The average Bonchev–Trinajstić information content (AvgIpc) is 2.27. The Bertz CT molecular complexity index is 386. The summed E-state index contributed by atoms with van der Waals surface area (Å²) in [6.45, 7) is 11.3. The topological polar surface area (TPSA) is 84.3 Å². The first kappa shape index (κ1) is 16.2. The molecule has 0 radical (unpaired) electrons. The van der Waals surface area contributed by atoms with Gasteiger partial charge in [0.05, 0.1) is 19.3 Å². The quantitative estimate of drug-likeness (QED) is 0.344. The smallest absolute Gasteiger partial charge is 0.192 e. The summed E-state index contributed by atoms with van der Waals surface area (Å²) in [7, 11) is -1.86. The van der Waals surface area contributed by atoms with Gasteiger partial charge in [-0.2, -0.15) is 0 Å². The predicted molar refractivity (Wildman–Crippen MR) is 75.4 cm³/mol. The van der Waals surface area contributed by atoms with Gasteiger partial charge in [-0.15, -0.1) is 0 Å². The summed E-state index contributed by atoms with van der Waals surface area (Å²) in [5, 5.41) is 3.63. The Hall–Kier alpha value is -0.883. The lowest BCUT2D eigenvalue weighted by atomic mass is 10.1. The Balaban J connectivity index is 2.52. The molecule has 0 saturated carbocycles. The van der Waals surface area contributed by atoms with Crippen LogP contribution in [0.5, 0.6) is 0 Å². The van der Waals surface area contributed by atoms with Crippen LogP contribution >= 0.6 is 0 Å². The minimum atomic E-state index is -1.86. The minimum absolute atomic E-state index is 0.0395. The number of hydrogen-bond donors (Lipinski definition) is 0. The SMILES string of the molecule is CC(C)(C)[Si](C)(C)OC[C@H]1OC[C@H](N=[N+]=[N-])CC1=O. The highest BCUT2D eigenvalue weighted by Gasteiger charge is 2.39. The Morgan fingerprint density at radius 2 is 2.16 bits per heavy atom. The minimum Gasteiger partial charge on any atom is -0.414 e. The summed E-state index contributed by atoms with van der Waals surface area (Å²) in [5.41, 5.74) is 8.34. The number of ether oxygens (including phenoxy) is 1. The van der Waals surface area contributed by atoms with Crippen LogP contribution in [-0.4, -0.2) is 39.5 Å². The molecule has 1 aliphatic rings. The molecule has 1 rings (SSSR count). The van der Waals surface area contributed by atoms with Crippen molar-refractivity contribution in [2.24, 2.45) is 5.11 Å². The van der Waals surface area contributed by atoms with E-state index in [1.165, 1.54) is 0 Å². The molecule has 0 aromatic carbocycles. The molecule has 0 aromatic heterocycles. The average molecular weight is 285 g/mol. The first-order valence-electron chi connectivity index (χ1n) is 6.50. The first-order chi connectivity index (χ1) is 8.67. The molecule has 0 unspecified atom stereocenters. The van der Waals surface area contributed by atoms with Crippen molar-refractivity contribution in [2.75, 3.05) is 13.2 Å². The third kappa shape index (κ3) is 4.31. The molecule has 0 aliphatic carbocycles. The number of hydrogen-bond acceptors (Lipinski definition) is 4. The number of carbonyl (C=O) groups is 1.